The second-order valence-corrected chi connectivity index (χ2v) is 5.14. The van der Waals surface area contributed by atoms with Gasteiger partial charge in [-0.05, 0) is 12.1 Å². The lowest BCUT2D eigenvalue weighted by atomic mass is 10.2. The van der Waals surface area contributed by atoms with Crippen LogP contribution in [0.15, 0.2) is 24.4 Å². The first-order valence-corrected chi connectivity index (χ1v) is 7.43. The predicted molar refractivity (Wildman–Crippen MR) is 93.3 cm³/mol. The quantitative estimate of drug-likeness (QED) is 0.745. The second kappa shape index (κ2) is 8.04. The Labute approximate surface area is 149 Å². The lowest BCUT2D eigenvalue weighted by Gasteiger charge is -2.14. The third kappa shape index (κ3) is 3.60. The third-order valence-electron chi connectivity index (χ3n) is 3.56. The van der Waals surface area contributed by atoms with Gasteiger partial charge >= 0.3 is 5.97 Å². The number of nitrogen functional groups attached to an aromatic ring is 1. The van der Waals surface area contributed by atoms with E-state index < -0.39 is 5.97 Å². The zero-order valence-electron chi connectivity index (χ0n) is 14.5. The number of hydrogen-bond acceptors (Lipinski definition) is 7. The zero-order valence-corrected chi connectivity index (χ0v) is 14.5. The van der Waals surface area contributed by atoms with Crippen LogP contribution < -0.4 is 15.8 Å². The van der Waals surface area contributed by atoms with Crippen molar-refractivity contribution < 1.29 is 23.8 Å². The van der Waals surface area contributed by atoms with E-state index in [-0.39, 0.29) is 29.5 Å². The van der Waals surface area contributed by atoms with E-state index in [1.807, 2.05) is 6.07 Å². The van der Waals surface area contributed by atoms with Gasteiger partial charge in [0.05, 0.1) is 31.2 Å². The summed E-state index contributed by atoms with van der Waals surface area (Å²) in [7, 11) is 4.08. The summed E-state index contributed by atoms with van der Waals surface area (Å²) in [4.78, 5) is 23.8. The Morgan fingerprint density at radius 1 is 1.31 bits per heavy atom. The maximum Gasteiger partial charge on any atom is 0.357 e. The molecule has 9 heteroatoms. The summed E-state index contributed by atoms with van der Waals surface area (Å²) in [6.45, 7) is -0.100. The lowest BCUT2D eigenvalue weighted by molar-refractivity contribution is -0.119. The number of ether oxygens (including phenoxy) is 3. The molecule has 136 valence electrons. The van der Waals surface area contributed by atoms with Crippen LogP contribution in [0.3, 0.4) is 0 Å². The van der Waals surface area contributed by atoms with Gasteiger partial charge in [0.25, 0.3) is 0 Å². The standard InChI is InChI=1S/C17H18N4O5/c1-24-9-14(22)20-12-5-4-11(6-13(12)25-2)21-8-10(7-18)15(19)16(21)17(23)26-3/h4-6,8H,9,19H2,1-3H3,(H,20,22). The van der Waals surface area contributed by atoms with E-state index in [1.165, 1.54) is 32.1 Å². The van der Waals surface area contributed by atoms with Crippen LogP contribution in [0.1, 0.15) is 16.1 Å². The fourth-order valence-electron chi connectivity index (χ4n) is 2.37. The number of rotatable bonds is 6. The number of carbonyl (C=O) groups is 2. The van der Waals surface area contributed by atoms with Gasteiger partial charge in [0.15, 0.2) is 5.69 Å². The van der Waals surface area contributed by atoms with Gasteiger partial charge in [-0.25, -0.2) is 4.79 Å². The summed E-state index contributed by atoms with van der Waals surface area (Å²) in [5.41, 5.74) is 7.01. The molecule has 0 radical (unpaired) electrons. The van der Waals surface area contributed by atoms with Crippen molar-refractivity contribution in [2.24, 2.45) is 0 Å². The minimum atomic E-state index is -0.680. The highest BCUT2D eigenvalue weighted by atomic mass is 16.5. The predicted octanol–water partition coefficient (Wildman–Crippen LogP) is 1.31. The molecule has 0 aliphatic heterocycles. The number of anilines is 2. The van der Waals surface area contributed by atoms with Crippen LogP contribution >= 0.6 is 0 Å². The summed E-state index contributed by atoms with van der Waals surface area (Å²) >= 11 is 0. The number of esters is 1. The number of benzene rings is 1. The molecule has 0 aliphatic carbocycles. The Kier molecular flexibility index (Phi) is 5.82. The second-order valence-electron chi connectivity index (χ2n) is 5.14. The molecule has 0 fully saturated rings. The molecule has 0 saturated carbocycles. The van der Waals surface area contributed by atoms with E-state index in [9.17, 15) is 14.9 Å². The van der Waals surface area contributed by atoms with Gasteiger partial charge in [-0.2, -0.15) is 5.26 Å². The van der Waals surface area contributed by atoms with Crippen LogP contribution in [0, 0.1) is 11.3 Å². The molecule has 1 aromatic heterocycles. The topological polar surface area (TPSA) is 129 Å². The van der Waals surface area contributed by atoms with Gasteiger partial charge in [-0.3, -0.25) is 4.79 Å². The molecule has 0 spiro atoms. The number of carbonyl (C=O) groups excluding carboxylic acids is 2. The number of nitrogens with zero attached hydrogens (tertiary/aromatic N) is 2. The minimum absolute atomic E-state index is 0.0239. The van der Waals surface area contributed by atoms with E-state index in [2.05, 4.69) is 5.32 Å². The molecule has 1 heterocycles. The average molecular weight is 358 g/mol. The molecule has 2 rings (SSSR count). The Hall–Kier alpha value is -3.51. The number of nitrogens with two attached hydrogens (primary N) is 1. The largest absolute Gasteiger partial charge is 0.494 e. The number of hydrogen-bond donors (Lipinski definition) is 2. The summed E-state index contributed by atoms with van der Waals surface area (Å²) in [5, 5.41) is 11.8. The van der Waals surface area contributed by atoms with Crippen molar-refractivity contribution >= 4 is 23.3 Å². The number of nitriles is 1. The third-order valence-corrected chi connectivity index (χ3v) is 3.56. The molecule has 2 aromatic rings. The molecule has 0 unspecified atom stereocenters. The fourth-order valence-corrected chi connectivity index (χ4v) is 2.37. The lowest BCUT2D eigenvalue weighted by Crippen LogP contribution is -2.17. The van der Waals surface area contributed by atoms with E-state index in [0.29, 0.717) is 17.1 Å². The van der Waals surface area contributed by atoms with Crippen LogP contribution in [0.5, 0.6) is 5.75 Å². The highest BCUT2D eigenvalue weighted by molar-refractivity contribution is 5.96. The van der Waals surface area contributed by atoms with Gasteiger partial charge in [-0.1, -0.05) is 0 Å². The van der Waals surface area contributed by atoms with Crippen LogP contribution in [0.25, 0.3) is 5.69 Å². The Morgan fingerprint density at radius 2 is 2.04 bits per heavy atom. The fraction of sp³-hybridized carbons (Fsp3) is 0.235. The molecule has 1 amide bonds. The molecule has 0 saturated heterocycles. The molecule has 0 bridgehead atoms. The Morgan fingerprint density at radius 3 is 2.62 bits per heavy atom. The van der Waals surface area contributed by atoms with Crippen molar-refractivity contribution in [3.05, 3.63) is 35.7 Å². The first-order valence-electron chi connectivity index (χ1n) is 7.43. The van der Waals surface area contributed by atoms with Gasteiger partial charge in [0, 0.05) is 25.1 Å². The van der Waals surface area contributed by atoms with Crippen molar-refractivity contribution in [3.8, 4) is 17.5 Å². The van der Waals surface area contributed by atoms with Crippen molar-refractivity contribution in [1.29, 1.82) is 5.26 Å². The summed E-state index contributed by atoms with van der Waals surface area (Å²) in [6.07, 6.45) is 1.43. The van der Waals surface area contributed by atoms with Crippen LogP contribution in [-0.4, -0.2) is 44.4 Å². The number of nitrogens with one attached hydrogen (secondary N) is 1. The number of amides is 1. The van der Waals surface area contributed by atoms with E-state index >= 15 is 0 Å². The normalized spacial score (nSPS) is 10.1. The molecular weight excluding hydrogens is 340 g/mol. The van der Waals surface area contributed by atoms with Gasteiger partial charge < -0.3 is 29.8 Å². The molecule has 0 atom stereocenters. The van der Waals surface area contributed by atoms with Crippen molar-refractivity contribution in [3.63, 3.8) is 0 Å². The van der Waals surface area contributed by atoms with Crippen LogP contribution in [0.2, 0.25) is 0 Å². The summed E-state index contributed by atoms with van der Waals surface area (Å²) in [5.74, 6) is -0.667. The Balaban J connectivity index is 2.52. The number of aromatic nitrogens is 1. The average Bonchev–Trinajstić information content (AvgIpc) is 2.98. The molecule has 3 N–H and O–H groups in total. The first-order chi connectivity index (χ1) is 12.5. The first kappa shape index (κ1) is 18.8. The zero-order chi connectivity index (χ0) is 19.3. The summed E-state index contributed by atoms with van der Waals surface area (Å²) < 4.78 is 16.2. The van der Waals surface area contributed by atoms with Crippen molar-refractivity contribution in [2.45, 2.75) is 0 Å². The highest BCUT2D eigenvalue weighted by Gasteiger charge is 2.22. The molecule has 9 nitrogen and oxygen atoms in total. The molecular formula is C17H18N4O5. The Bertz CT molecular complexity index is 882. The molecule has 26 heavy (non-hydrogen) atoms. The van der Waals surface area contributed by atoms with Crippen molar-refractivity contribution in [1.82, 2.24) is 4.57 Å². The van der Waals surface area contributed by atoms with Crippen LogP contribution in [-0.2, 0) is 14.3 Å². The van der Waals surface area contributed by atoms with E-state index in [0.717, 1.165) is 0 Å². The monoisotopic (exact) mass is 358 g/mol. The van der Waals surface area contributed by atoms with E-state index in [4.69, 9.17) is 19.9 Å². The van der Waals surface area contributed by atoms with Gasteiger partial charge in [0.2, 0.25) is 5.91 Å². The van der Waals surface area contributed by atoms with Gasteiger partial charge in [0.1, 0.15) is 18.4 Å². The smallest absolute Gasteiger partial charge is 0.357 e. The van der Waals surface area contributed by atoms with E-state index in [1.54, 1.807) is 18.2 Å². The van der Waals surface area contributed by atoms with Gasteiger partial charge in [-0.15, -0.1) is 0 Å². The maximum absolute atomic E-state index is 12.1. The SMILES string of the molecule is COCC(=O)Nc1ccc(-n2cc(C#N)c(N)c2C(=O)OC)cc1OC. The molecule has 1 aromatic carbocycles. The molecule has 0 aliphatic rings. The van der Waals surface area contributed by atoms with Crippen LogP contribution in [0.4, 0.5) is 11.4 Å². The summed E-state index contributed by atoms with van der Waals surface area (Å²) in [6, 6.07) is 6.76. The minimum Gasteiger partial charge on any atom is -0.494 e. The van der Waals surface area contributed by atoms with Crippen molar-refractivity contribution in [2.75, 3.05) is 39.0 Å². The maximum atomic E-state index is 12.1. The highest BCUT2D eigenvalue weighted by Crippen LogP contribution is 2.30. The number of methoxy groups -OCH3 is 3.